The number of aromatic nitrogens is 2. The lowest BCUT2D eigenvalue weighted by atomic mass is 10.0. The summed E-state index contributed by atoms with van der Waals surface area (Å²) in [7, 11) is 2.01. The van der Waals surface area contributed by atoms with Crippen LogP contribution in [0.5, 0.6) is 5.75 Å². The molecule has 1 N–H and O–H groups in total. The predicted molar refractivity (Wildman–Crippen MR) is 146 cm³/mol. The van der Waals surface area contributed by atoms with Gasteiger partial charge in [0.2, 0.25) is 11.8 Å². The van der Waals surface area contributed by atoms with E-state index in [2.05, 4.69) is 34.5 Å². The predicted octanol–water partition coefficient (Wildman–Crippen LogP) is 3.35. The van der Waals surface area contributed by atoms with Gasteiger partial charge in [0.05, 0.1) is 11.4 Å². The minimum atomic E-state index is -0.611. The number of aryl methyl sites for hydroxylation is 1. The van der Waals surface area contributed by atoms with Gasteiger partial charge in [-0.3, -0.25) is 29.3 Å². The van der Waals surface area contributed by atoms with Crippen molar-refractivity contribution in [2.75, 3.05) is 13.2 Å². The number of carbonyl (C=O) groups excluding carboxylic acids is 3. The molecule has 2 saturated heterocycles. The van der Waals surface area contributed by atoms with Crippen LogP contribution in [0.15, 0.2) is 42.5 Å². The third-order valence-electron chi connectivity index (χ3n) is 8.27. The average Bonchev–Trinajstić information content (AvgIpc) is 3.47. The van der Waals surface area contributed by atoms with E-state index in [1.807, 2.05) is 23.9 Å². The van der Waals surface area contributed by atoms with Crippen LogP contribution >= 0.6 is 0 Å². The van der Waals surface area contributed by atoms with E-state index in [9.17, 15) is 14.4 Å². The number of rotatable bonds is 7. The van der Waals surface area contributed by atoms with Gasteiger partial charge >= 0.3 is 0 Å². The average molecular weight is 530 g/mol. The molecule has 204 valence electrons. The van der Waals surface area contributed by atoms with Crippen molar-refractivity contribution in [2.24, 2.45) is 7.05 Å². The smallest absolute Gasteiger partial charge is 0.255 e. The third-order valence-corrected chi connectivity index (χ3v) is 8.27. The van der Waals surface area contributed by atoms with Crippen molar-refractivity contribution in [3.63, 3.8) is 0 Å². The number of imide groups is 1. The van der Waals surface area contributed by atoms with Gasteiger partial charge in [-0.15, -0.1) is 0 Å². The molecule has 4 heterocycles. The Morgan fingerprint density at radius 3 is 2.82 bits per heavy atom. The number of allylic oxidation sites excluding steroid dienone is 4. The number of amides is 3. The number of ether oxygens (including phenoxy) is 1. The maximum atomic E-state index is 13.0. The lowest BCUT2D eigenvalue weighted by molar-refractivity contribution is -0.136. The third kappa shape index (κ3) is 5.28. The molecular weight excluding hydrogens is 494 g/mol. The highest BCUT2D eigenvalue weighted by molar-refractivity contribution is 6.05. The van der Waals surface area contributed by atoms with Crippen molar-refractivity contribution in [1.29, 1.82) is 0 Å². The molecule has 0 radical (unpaired) electrons. The standard InChI is InChI=1S/C30H35N5O4/c1-33-27(20-7-3-2-4-8-20)16-22(32-33)18-34-14-6-5-9-23(34)19-39-24-10-11-25-21(15-24)17-35(30(25)38)26-12-13-28(36)31-29(26)37/h3,7-8,10-11,15-16,23,26H,2,4-6,9,12-14,17-19H2,1H3,(H,31,36,37)/t23-,26?/m0/s1. The van der Waals surface area contributed by atoms with Crippen molar-refractivity contribution >= 4 is 23.3 Å². The van der Waals surface area contributed by atoms with E-state index in [4.69, 9.17) is 9.84 Å². The summed E-state index contributed by atoms with van der Waals surface area (Å²) in [6.45, 7) is 2.72. The van der Waals surface area contributed by atoms with Crippen LogP contribution in [0.4, 0.5) is 0 Å². The monoisotopic (exact) mass is 529 g/mol. The fraction of sp³-hybridized carbons (Fsp3) is 0.467. The number of hydrogen-bond acceptors (Lipinski definition) is 6. The maximum absolute atomic E-state index is 13.0. The summed E-state index contributed by atoms with van der Waals surface area (Å²) in [5, 5.41) is 7.16. The van der Waals surface area contributed by atoms with Gasteiger partial charge in [-0.1, -0.05) is 24.6 Å². The quantitative estimate of drug-likeness (QED) is 0.553. The second kappa shape index (κ2) is 10.8. The van der Waals surface area contributed by atoms with Gasteiger partial charge < -0.3 is 9.64 Å². The fourth-order valence-corrected chi connectivity index (χ4v) is 6.18. The van der Waals surface area contributed by atoms with Crippen molar-refractivity contribution in [2.45, 2.75) is 70.1 Å². The first-order chi connectivity index (χ1) is 19.0. The Morgan fingerprint density at radius 1 is 1.10 bits per heavy atom. The zero-order chi connectivity index (χ0) is 26.9. The SMILES string of the molecule is Cn1nc(CN2CCCC[C@H]2COc2ccc3c(c2)CN(C2CCC(=O)NC2=O)C3=O)cc1C1=CCCC=C1. The van der Waals surface area contributed by atoms with E-state index in [1.165, 1.54) is 18.4 Å². The molecule has 1 unspecified atom stereocenters. The highest BCUT2D eigenvalue weighted by Gasteiger charge is 2.39. The Bertz CT molecular complexity index is 1360. The number of nitrogens with one attached hydrogen (secondary N) is 1. The summed E-state index contributed by atoms with van der Waals surface area (Å²) in [6, 6.07) is 7.44. The molecule has 2 aromatic rings. The van der Waals surface area contributed by atoms with Crippen LogP contribution in [-0.4, -0.2) is 62.5 Å². The molecule has 1 aliphatic carbocycles. The molecule has 2 atom stereocenters. The Morgan fingerprint density at radius 2 is 2.00 bits per heavy atom. The molecule has 4 aliphatic rings. The van der Waals surface area contributed by atoms with Gasteiger partial charge in [0, 0.05) is 38.2 Å². The molecule has 0 spiro atoms. The number of fused-ring (bicyclic) bond motifs is 1. The van der Waals surface area contributed by atoms with Crippen LogP contribution in [-0.2, 0) is 29.7 Å². The van der Waals surface area contributed by atoms with Crippen molar-refractivity contribution in [1.82, 2.24) is 24.9 Å². The normalized spacial score (nSPS) is 23.6. The molecule has 2 fully saturated rings. The number of hydrogen-bond donors (Lipinski definition) is 1. The van der Waals surface area contributed by atoms with Gasteiger partial charge in [0.15, 0.2) is 0 Å². The van der Waals surface area contributed by atoms with Gasteiger partial charge in [0.25, 0.3) is 5.91 Å². The second-order valence-electron chi connectivity index (χ2n) is 10.9. The zero-order valence-corrected chi connectivity index (χ0v) is 22.4. The van der Waals surface area contributed by atoms with E-state index in [0.717, 1.165) is 55.1 Å². The summed E-state index contributed by atoms with van der Waals surface area (Å²) in [5.74, 6) is -0.115. The summed E-state index contributed by atoms with van der Waals surface area (Å²) < 4.78 is 8.26. The van der Waals surface area contributed by atoms with Gasteiger partial charge in [-0.2, -0.15) is 5.10 Å². The van der Waals surface area contributed by atoms with Crippen molar-refractivity contribution in [3.8, 4) is 5.75 Å². The minimum absolute atomic E-state index is 0.168. The molecule has 1 aromatic carbocycles. The summed E-state index contributed by atoms with van der Waals surface area (Å²) in [5.41, 5.74) is 4.93. The topological polar surface area (TPSA) is 96.8 Å². The number of benzene rings is 1. The molecule has 9 nitrogen and oxygen atoms in total. The van der Waals surface area contributed by atoms with Crippen LogP contribution in [0.3, 0.4) is 0 Å². The van der Waals surface area contributed by atoms with Crippen LogP contribution in [0.1, 0.15) is 72.3 Å². The summed E-state index contributed by atoms with van der Waals surface area (Å²) in [4.78, 5) is 40.9. The Labute approximate surface area is 228 Å². The molecule has 0 bridgehead atoms. The molecular formula is C30H35N5O4. The van der Waals surface area contributed by atoms with Crippen LogP contribution < -0.4 is 10.1 Å². The lowest BCUT2D eigenvalue weighted by Gasteiger charge is -2.35. The first-order valence-electron chi connectivity index (χ1n) is 14.0. The molecule has 0 saturated carbocycles. The maximum Gasteiger partial charge on any atom is 0.255 e. The van der Waals surface area contributed by atoms with E-state index >= 15 is 0 Å². The molecule has 3 aliphatic heterocycles. The van der Waals surface area contributed by atoms with Crippen LogP contribution in [0.2, 0.25) is 0 Å². The second-order valence-corrected chi connectivity index (χ2v) is 10.9. The van der Waals surface area contributed by atoms with Crippen LogP contribution in [0.25, 0.3) is 5.57 Å². The van der Waals surface area contributed by atoms with Crippen LogP contribution in [0, 0.1) is 0 Å². The Balaban J connectivity index is 1.09. The fourth-order valence-electron chi connectivity index (χ4n) is 6.18. The zero-order valence-electron chi connectivity index (χ0n) is 22.4. The molecule has 39 heavy (non-hydrogen) atoms. The number of likely N-dealkylation sites (tertiary alicyclic amines) is 1. The highest BCUT2D eigenvalue weighted by atomic mass is 16.5. The van der Waals surface area contributed by atoms with E-state index in [1.54, 1.807) is 11.0 Å². The van der Waals surface area contributed by atoms with Gasteiger partial charge in [-0.25, -0.2) is 0 Å². The van der Waals surface area contributed by atoms with Gasteiger partial charge in [0.1, 0.15) is 18.4 Å². The Kier molecular flexibility index (Phi) is 7.08. The van der Waals surface area contributed by atoms with E-state index in [-0.39, 0.29) is 24.3 Å². The Hall–Kier alpha value is -3.72. The largest absolute Gasteiger partial charge is 0.492 e. The first-order valence-corrected chi connectivity index (χ1v) is 14.0. The molecule has 6 rings (SSSR count). The van der Waals surface area contributed by atoms with Crippen molar-refractivity contribution in [3.05, 3.63) is 65.0 Å². The van der Waals surface area contributed by atoms with Crippen molar-refractivity contribution < 1.29 is 19.1 Å². The summed E-state index contributed by atoms with van der Waals surface area (Å²) >= 11 is 0. The molecule has 9 heteroatoms. The highest BCUT2D eigenvalue weighted by Crippen LogP contribution is 2.31. The van der Waals surface area contributed by atoms with E-state index in [0.29, 0.717) is 25.1 Å². The molecule has 3 amide bonds. The van der Waals surface area contributed by atoms with Gasteiger partial charge in [-0.05, 0) is 74.1 Å². The number of carbonyl (C=O) groups is 3. The lowest BCUT2D eigenvalue weighted by Crippen LogP contribution is -2.52. The van der Waals surface area contributed by atoms with E-state index < -0.39 is 11.9 Å². The summed E-state index contributed by atoms with van der Waals surface area (Å²) in [6.07, 6.45) is 12.9. The number of piperidine rings is 2. The first kappa shape index (κ1) is 25.6. The number of nitrogens with zero attached hydrogens (tertiary/aromatic N) is 4. The minimum Gasteiger partial charge on any atom is -0.492 e. The molecule has 1 aromatic heterocycles.